The second kappa shape index (κ2) is 19.6. The number of thiazole rings is 1. The number of rotatable bonds is 17. The number of alkyl carbamates (subject to hydrolysis) is 1. The highest BCUT2D eigenvalue weighted by molar-refractivity contribution is 7.80. The predicted molar refractivity (Wildman–Crippen MR) is 223 cm³/mol. The average Bonchev–Trinajstić information content (AvgIpc) is 3.80. The van der Waals surface area contributed by atoms with Crippen molar-refractivity contribution in [2.24, 2.45) is 5.16 Å². The van der Waals surface area contributed by atoms with Gasteiger partial charge in [0.2, 0.25) is 12.1 Å². The topological polar surface area (TPSA) is 281 Å². The Bertz CT molecular complexity index is 2270. The summed E-state index contributed by atoms with van der Waals surface area (Å²) < 4.78 is 61.8. The normalized spacial score (nSPS) is 16.0. The number of aryl methyl sites for hydroxylation is 1. The van der Waals surface area contributed by atoms with Crippen LogP contribution >= 0.6 is 11.3 Å². The van der Waals surface area contributed by atoms with Gasteiger partial charge in [-0.15, -0.1) is 15.6 Å². The molecule has 0 radical (unpaired) electrons. The molecule has 25 heteroatoms. The number of carbonyl (C=O) groups excluding carboxylic acids is 5. The molecule has 0 unspecified atom stereocenters. The lowest BCUT2D eigenvalue weighted by atomic mass is 9.84. The van der Waals surface area contributed by atoms with Gasteiger partial charge in [-0.3, -0.25) is 19.5 Å². The summed E-state index contributed by atoms with van der Waals surface area (Å²) in [4.78, 5) is 78.8. The standard InChI is InChI=1S/C38H53N9O14S2/c1-35(2,3)57-31(50)25(20-56-23-13-14-26(40-19-23)46-18-17-45(22-46)16-12-15-39-33(51)58-36(4,5)6)60-44-27(24-21-62-32(41-24)43-34(52)59-37(7,8)9)29(48)42-28-30(49)47(38(28,10)11)61-63(53,54)55/h13-14,17-19,21-22,25,28H,12,15-16,20H2,1-11H3,(H3-,39,41,42,43,48,51,52,53,54,55)/p+1/b44-27-/t25-,28+/m0/s1. The number of aromatic nitrogens is 4. The van der Waals surface area contributed by atoms with Gasteiger partial charge in [-0.1, -0.05) is 5.16 Å². The molecule has 4 heterocycles. The fourth-order valence-electron chi connectivity index (χ4n) is 5.29. The van der Waals surface area contributed by atoms with Crippen LogP contribution in [0.2, 0.25) is 0 Å². The summed E-state index contributed by atoms with van der Waals surface area (Å²) in [5, 5.41) is 13.2. The zero-order valence-corrected chi connectivity index (χ0v) is 38.4. The summed E-state index contributed by atoms with van der Waals surface area (Å²) in [7, 11) is -5.09. The van der Waals surface area contributed by atoms with Gasteiger partial charge in [-0.2, -0.15) is 18.0 Å². The molecule has 346 valence electrons. The van der Waals surface area contributed by atoms with Crippen LogP contribution in [0.5, 0.6) is 5.75 Å². The first-order chi connectivity index (χ1) is 29.0. The van der Waals surface area contributed by atoms with Gasteiger partial charge in [0.05, 0.1) is 18.3 Å². The molecular formula is C38H54N9O14S2+. The molecule has 0 saturated carbocycles. The number of β-lactam (4-membered cyclic amide) rings is 1. The van der Waals surface area contributed by atoms with Crippen LogP contribution in [0.1, 0.15) is 88.3 Å². The number of pyridine rings is 1. The van der Waals surface area contributed by atoms with Gasteiger partial charge in [0.15, 0.2) is 10.8 Å². The molecular weight excluding hydrogens is 871 g/mol. The first-order valence-corrected chi connectivity index (χ1v) is 21.6. The molecule has 0 aromatic carbocycles. The molecule has 1 fully saturated rings. The van der Waals surface area contributed by atoms with E-state index in [1.807, 2.05) is 17.1 Å². The van der Waals surface area contributed by atoms with Crippen molar-refractivity contribution < 1.29 is 69.6 Å². The molecule has 1 aliphatic heterocycles. The van der Waals surface area contributed by atoms with E-state index < -0.39 is 87.2 Å². The summed E-state index contributed by atoms with van der Waals surface area (Å²) in [5.41, 5.74) is -4.67. The molecule has 0 bridgehead atoms. The van der Waals surface area contributed by atoms with E-state index in [1.165, 1.54) is 25.4 Å². The second-order valence-electron chi connectivity index (χ2n) is 17.4. The summed E-state index contributed by atoms with van der Waals surface area (Å²) in [6.07, 6.45) is 4.60. The van der Waals surface area contributed by atoms with Crippen molar-refractivity contribution in [2.45, 2.75) is 124 Å². The molecule has 4 rings (SSSR count). The van der Waals surface area contributed by atoms with Crippen LogP contribution in [0.15, 0.2) is 47.6 Å². The van der Waals surface area contributed by atoms with Crippen LogP contribution in [-0.4, -0.2) is 116 Å². The number of hydrogen-bond acceptors (Lipinski definition) is 17. The zero-order chi connectivity index (χ0) is 47.1. The SMILES string of the molecule is CC(C)(C)OC(=O)NCCC[n+]1ccn(-c2ccc(OC[C@H](O/N=C(\C(=O)N[C@@H]3C(=O)N(OS(=O)(=O)O)C3(C)C)c3csc(NC(=O)OC(C)(C)C)n3)C(=O)OC(C)(C)C)cn2)c1. The minimum absolute atomic E-state index is 0.0159. The molecule has 1 saturated heterocycles. The molecule has 63 heavy (non-hydrogen) atoms. The Balaban J connectivity index is 1.51. The Morgan fingerprint density at radius 1 is 1.00 bits per heavy atom. The number of imidazole rings is 1. The molecule has 0 aliphatic carbocycles. The smallest absolute Gasteiger partial charge is 0.418 e. The minimum atomic E-state index is -5.09. The summed E-state index contributed by atoms with van der Waals surface area (Å²) in [6, 6.07) is 1.87. The predicted octanol–water partition coefficient (Wildman–Crippen LogP) is 3.23. The van der Waals surface area contributed by atoms with Gasteiger partial charge in [-0.05, 0) is 82.2 Å². The molecule has 4 amide bonds. The number of hydroxylamine groups is 2. The summed E-state index contributed by atoms with van der Waals surface area (Å²) in [6.45, 7) is 18.5. The van der Waals surface area contributed by atoms with Gasteiger partial charge < -0.3 is 34.4 Å². The van der Waals surface area contributed by atoms with Crippen LogP contribution in [0, 0.1) is 0 Å². The maximum Gasteiger partial charge on any atom is 0.418 e. The van der Waals surface area contributed by atoms with Crippen LogP contribution < -0.4 is 25.3 Å². The average molecular weight is 925 g/mol. The van der Waals surface area contributed by atoms with Crippen molar-refractivity contribution in [2.75, 3.05) is 18.5 Å². The van der Waals surface area contributed by atoms with Gasteiger partial charge in [-0.25, -0.2) is 28.9 Å². The van der Waals surface area contributed by atoms with Crippen LogP contribution in [0.25, 0.3) is 5.82 Å². The van der Waals surface area contributed by atoms with E-state index in [9.17, 15) is 32.4 Å². The molecule has 3 aromatic rings. The largest absolute Gasteiger partial charge is 0.487 e. The van der Waals surface area contributed by atoms with Crippen LogP contribution in [0.3, 0.4) is 0 Å². The van der Waals surface area contributed by atoms with E-state index in [2.05, 4.69) is 35.4 Å². The highest BCUT2D eigenvalue weighted by Crippen LogP contribution is 2.33. The van der Waals surface area contributed by atoms with Gasteiger partial charge in [0, 0.05) is 24.4 Å². The summed E-state index contributed by atoms with van der Waals surface area (Å²) in [5.74, 6) is -2.26. The first kappa shape index (κ1) is 49.7. The lowest BCUT2D eigenvalue weighted by molar-refractivity contribution is -0.696. The second-order valence-corrected chi connectivity index (χ2v) is 19.3. The Morgan fingerprint density at radius 3 is 2.24 bits per heavy atom. The Morgan fingerprint density at radius 2 is 1.65 bits per heavy atom. The third kappa shape index (κ3) is 15.4. The van der Waals surface area contributed by atoms with Gasteiger partial charge in [0.25, 0.3) is 17.9 Å². The van der Waals surface area contributed by atoms with E-state index in [4.69, 9.17) is 28.3 Å². The fraction of sp³-hybridized carbons (Fsp3) is 0.553. The Labute approximate surface area is 368 Å². The van der Waals surface area contributed by atoms with E-state index in [1.54, 1.807) is 85.2 Å². The van der Waals surface area contributed by atoms with E-state index in [0.717, 1.165) is 11.3 Å². The van der Waals surface area contributed by atoms with Crippen LogP contribution in [-0.2, 0) is 54.7 Å². The monoisotopic (exact) mass is 924 g/mol. The highest BCUT2D eigenvalue weighted by Gasteiger charge is 2.58. The number of anilines is 1. The number of carbonyl (C=O) groups is 5. The van der Waals surface area contributed by atoms with E-state index in [0.29, 0.717) is 30.4 Å². The number of esters is 1. The lowest BCUT2D eigenvalue weighted by Gasteiger charge is -2.50. The number of nitrogens with one attached hydrogen (secondary N) is 3. The van der Waals surface area contributed by atoms with Crippen molar-refractivity contribution in [3.05, 3.63) is 48.1 Å². The first-order valence-electron chi connectivity index (χ1n) is 19.4. The molecule has 2 atom stereocenters. The maximum absolute atomic E-state index is 13.8. The molecule has 3 aromatic heterocycles. The molecule has 0 spiro atoms. The lowest BCUT2D eigenvalue weighted by Crippen LogP contribution is -2.76. The number of amides is 4. The van der Waals surface area contributed by atoms with Crippen LogP contribution in [0.4, 0.5) is 14.7 Å². The van der Waals surface area contributed by atoms with Crippen molar-refractivity contribution >= 4 is 62.5 Å². The van der Waals surface area contributed by atoms with Crippen molar-refractivity contribution in [1.29, 1.82) is 0 Å². The summed E-state index contributed by atoms with van der Waals surface area (Å²) >= 11 is 0.885. The minimum Gasteiger partial charge on any atom is -0.487 e. The van der Waals surface area contributed by atoms with Gasteiger partial charge >= 0.3 is 28.6 Å². The molecule has 4 N–H and O–H groups in total. The third-order valence-electron chi connectivity index (χ3n) is 7.97. The van der Waals surface area contributed by atoms with Crippen molar-refractivity contribution in [3.8, 4) is 11.6 Å². The van der Waals surface area contributed by atoms with Crippen molar-refractivity contribution in [1.82, 2.24) is 30.2 Å². The highest BCUT2D eigenvalue weighted by atomic mass is 32.3. The quantitative estimate of drug-likeness (QED) is 0.0221. The van der Waals surface area contributed by atoms with Crippen molar-refractivity contribution in [3.63, 3.8) is 0 Å². The zero-order valence-electron chi connectivity index (χ0n) is 36.8. The van der Waals surface area contributed by atoms with E-state index >= 15 is 0 Å². The Kier molecular flexibility index (Phi) is 15.5. The van der Waals surface area contributed by atoms with Gasteiger partial charge in [0.1, 0.15) is 53.3 Å². The maximum atomic E-state index is 13.8. The van der Waals surface area contributed by atoms with E-state index in [-0.39, 0.29) is 16.6 Å². The number of nitrogens with zero attached hydrogens (tertiary/aromatic N) is 6. The third-order valence-corrected chi connectivity index (χ3v) is 9.07. The fourth-order valence-corrected chi connectivity index (χ4v) is 6.43. The number of oxime groups is 1. The number of hydrogen-bond donors (Lipinski definition) is 4. The molecule has 23 nitrogen and oxygen atoms in total. The Hall–Kier alpha value is -5.92. The number of ether oxygens (including phenoxy) is 4. The molecule has 1 aliphatic rings.